The quantitative estimate of drug-likeness (QED) is 0.845. The number of amides is 1. The summed E-state index contributed by atoms with van der Waals surface area (Å²) < 4.78 is 0. The fourth-order valence-electron chi connectivity index (χ4n) is 3.70. The maximum Gasteiger partial charge on any atom is 0.237 e. The van der Waals surface area contributed by atoms with Gasteiger partial charge in [0.15, 0.2) is 0 Å². The number of nitrogens with one attached hydrogen (secondary N) is 1. The lowest BCUT2D eigenvalue weighted by Crippen LogP contribution is -2.56. The van der Waals surface area contributed by atoms with E-state index in [1.165, 1.54) is 12.8 Å². The molecule has 1 aliphatic carbocycles. The van der Waals surface area contributed by atoms with Crippen LogP contribution in [-0.4, -0.2) is 43.0 Å². The van der Waals surface area contributed by atoms with Crippen molar-refractivity contribution >= 4 is 5.91 Å². The van der Waals surface area contributed by atoms with Gasteiger partial charge in [0, 0.05) is 12.1 Å². The maximum atomic E-state index is 12.4. The molecule has 1 fully saturated rings. The van der Waals surface area contributed by atoms with Crippen molar-refractivity contribution in [2.24, 2.45) is 11.7 Å². The third kappa shape index (κ3) is 4.79. The number of nitrogens with two attached hydrogens (primary N) is 1. The van der Waals surface area contributed by atoms with Crippen molar-refractivity contribution in [3.8, 4) is 0 Å². The molecule has 0 heterocycles. The largest absolute Gasteiger partial charge is 0.353 e. The number of rotatable bonds is 6. The van der Waals surface area contributed by atoms with Crippen LogP contribution in [0.5, 0.6) is 0 Å². The Labute approximate surface area is 140 Å². The van der Waals surface area contributed by atoms with Crippen LogP contribution in [0.1, 0.15) is 38.2 Å². The summed E-state index contributed by atoms with van der Waals surface area (Å²) in [6.07, 6.45) is 5.37. The van der Waals surface area contributed by atoms with Gasteiger partial charge in [-0.1, -0.05) is 50.1 Å². The molecule has 2 rings (SSSR count). The lowest BCUT2D eigenvalue weighted by molar-refractivity contribution is -0.123. The fourth-order valence-corrected chi connectivity index (χ4v) is 3.70. The molecule has 1 saturated carbocycles. The maximum absolute atomic E-state index is 12.4. The molecule has 0 radical (unpaired) electrons. The highest BCUT2D eigenvalue weighted by atomic mass is 16.2. The van der Waals surface area contributed by atoms with E-state index in [-0.39, 0.29) is 11.4 Å². The Bertz CT molecular complexity index is 503. The van der Waals surface area contributed by atoms with E-state index in [1.54, 1.807) is 0 Å². The van der Waals surface area contributed by atoms with Gasteiger partial charge in [0.1, 0.15) is 0 Å². The first-order valence-electron chi connectivity index (χ1n) is 8.67. The average Bonchev–Trinajstić information content (AvgIpc) is 2.53. The van der Waals surface area contributed by atoms with Gasteiger partial charge in [-0.15, -0.1) is 0 Å². The highest BCUT2D eigenvalue weighted by Crippen LogP contribution is 2.35. The van der Waals surface area contributed by atoms with Crippen LogP contribution in [-0.2, 0) is 11.2 Å². The highest BCUT2D eigenvalue weighted by molar-refractivity contribution is 5.81. The number of carbonyl (C=O) groups is 1. The van der Waals surface area contributed by atoms with E-state index in [1.807, 2.05) is 30.3 Å². The lowest BCUT2D eigenvalue weighted by atomic mass is 9.75. The van der Waals surface area contributed by atoms with Crippen LogP contribution in [0.15, 0.2) is 30.3 Å². The first-order valence-corrected chi connectivity index (χ1v) is 8.67. The summed E-state index contributed by atoms with van der Waals surface area (Å²) in [6, 6.07) is 9.46. The van der Waals surface area contributed by atoms with E-state index in [2.05, 4.69) is 31.2 Å². The van der Waals surface area contributed by atoms with Gasteiger partial charge in [0.25, 0.3) is 0 Å². The van der Waals surface area contributed by atoms with Crippen molar-refractivity contribution in [1.82, 2.24) is 10.2 Å². The smallest absolute Gasteiger partial charge is 0.237 e. The molecular formula is C19H31N3O. The molecule has 1 aromatic carbocycles. The predicted molar refractivity (Wildman–Crippen MR) is 95.2 cm³/mol. The van der Waals surface area contributed by atoms with Crippen LogP contribution in [0.4, 0.5) is 0 Å². The first-order chi connectivity index (χ1) is 10.9. The second kappa shape index (κ2) is 7.93. The van der Waals surface area contributed by atoms with Gasteiger partial charge >= 0.3 is 0 Å². The Kier molecular flexibility index (Phi) is 6.19. The minimum Gasteiger partial charge on any atom is -0.353 e. The molecule has 0 spiro atoms. The number of benzene rings is 1. The van der Waals surface area contributed by atoms with Crippen LogP contribution < -0.4 is 11.1 Å². The van der Waals surface area contributed by atoms with Gasteiger partial charge in [0.2, 0.25) is 5.91 Å². The Morgan fingerprint density at radius 1 is 1.39 bits per heavy atom. The topological polar surface area (TPSA) is 58.4 Å². The molecule has 3 atom stereocenters. The zero-order valence-corrected chi connectivity index (χ0v) is 14.7. The van der Waals surface area contributed by atoms with Crippen LogP contribution in [0.25, 0.3) is 0 Å². The van der Waals surface area contributed by atoms with E-state index in [0.29, 0.717) is 18.9 Å². The van der Waals surface area contributed by atoms with Crippen molar-refractivity contribution in [3.05, 3.63) is 35.9 Å². The minimum atomic E-state index is -0.488. The molecule has 23 heavy (non-hydrogen) atoms. The van der Waals surface area contributed by atoms with Crippen molar-refractivity contribution in [2.45, 2.75) is 50.6 Å². The summed E-state index contributed by atoms with van der Waals surface area (Å²) in [6.45, 7) is 2.99. The Morgan fingerprint density at radius 3 is 2.70 bits per heavy atom. The normalized spacial score (nSPS) is 26.0. The highest BCUT2D eigenvalue weighted by Gasteiger charge is 2.37. The summed E-state index contributed by atoms with van der Waals surface area (Å²) in [5, 5.41) is 3.11. The van der Waals surface area contributed by atoms with E-state index in [0.717, 1.165) is 18.4 Å². The average molecular weight is 317 g/mol. The van der Waals surface area contributed by atoms with Crippen molar-refractivity contribution < 1.29 is 4.79 Å². The number of nitrogens with zero attached hydrogens (tertiary/aromatic N) is 1. The van der Waals surface area contributed by atoms with Crippen LogP contribution in [0.3, 0.4) is 0 Å². The Hall–Kier alpha value is -1.39. The molecule has 1 aliphatic rings. The van der Waals surface area contributed by atoms with E-state index in [9.17, 15) is 4.79 Å². The number of carbonyl (C=O) groups excluding carboxylic acids is 1. The third-order valence-corrected chi connectivity index (χ3v) is 5.24. The molecule has 2 unspecified atom stereocenters. The first kappa shape index (κ1) is 18.0. The molecule has 0 aliphatic heterocycles. The molecule has 128 valence electrons. The fraction of sp³-hybridized carbons (Fsp3) is 0.632. The Balaban J connectivity index is 1.91. The number of hydrogen-bond donors (Lipinski definition) is 2. The standard InChI is InChI=1S/C19H31N3O/c1-15-8-7-11-19(13-15,22(2)3)14-21-18(23)17(20)12-16-9-5-4-6-10-16/h4-6,9-10,15,17H,7-8,11-14,20H2,1-3H3,(H,21,23)/t15?,17-,19?/m0/s1. The summed E-state index contributed by atoms with van der Waals surface area (Å²) in [7, 11) is 4.24. The minimum absolute atomic E-state index is 0.0479. The van der Waals surface area contributed by atoms with Gasteiger partial charge in [-0.3, -0.25) is 4.79 Å². The second-order valence-corrected chi connectivity index (χ2v) is 7.33. The van der Waals surface area contributed by atoms with Crippen LogP contribution in [0.2, 0.25) is 0 Å². The van der Waals surface area contributed by atoms with E-state index >= 15 is 0 Å². The Morgan fingerprint density at radius 2 is 2.09 bits per heavy atom. The predicted octanol–water partition coefficient (Wildman–Crippen LogP) is 2.18. The number of hydrogen-bond acceptors (Lipinski definition) is 3. The van der Waals surface area contributed by atoms with Crippen molar-refractivity contribution in [2.75, 3.05) is 20.6 Å². The summed E-state index contributed by atoms with van der Waals surface area (Å²) in [5.74, 6) is 0.661. The third-order valence-electron chi connectivity index (χ3n) is 5.24. The molecule has 3 N–H and O–H groups in total. The molecule has 0 bridgehead atoms. The summed E-state index contributed by atoms with van der Waals surface area (Å²) in [4.78, 5) is 14.7. The van der Waals surface area contributed by atoms with Crippen molar-refractivity contribution in [3.63, 3.8) is 0 Å². The number of likely N-dealkylation sites (N-methyl/N-ethyl adjacent to an activating group) is 1. The zero-order valence-electron chi connectivity index (χ0n) is 14.7. The lowest BCUT2D eigenvalue weighted by Gasteiger charge is -2.45. The van der Waals surface area contributed by atoms with Gasteiger partial charge < -0.3 is 16.0 Å². The monoisotopic (exact) mass is 317 g/mol. The molecular weight excluding hydrogens is 286 g/mol. The van der Waals surface area contributed by atoms with E-state index < -0.39 is 6.04 Å². The summed E-state index contributed by atoms with van der Waals surface area (Å²) >= 11 is 0. The van der Waals surface area contributed by atoms with Gasteiger partial charge in [-0.2, -0.15) is 0 Å². The SMILES string of the molecule is CC1CCCC(CNC(=O)[C@@H](N)Cc2ccccc2)(N(C)C)C1. The zero-order chi connectivity index (χ0) is 16.9. The molecule has 0 saturated heterocycles. The molecule has 4 heteroatoms. The molecule has 1 amide bonds. The van der Waals surface area contributed by atoms with Gasteiger partial charge in [0.05, 0.1) is 6.04 Å². The van der Waals surface area contributed by atoms with Crippen molar-refractivity contribution in [1.29, 1.82) is 0 Å². The molecule has 4 nitrogen and oxygen atoms in total. The van der Waals surface area contributed by atoms with Gasteiger partial charge in [-0.05, 0) is 44.8 Å². The van der Waals surface area contributed by atoms with Crippen LogP contribution >= 0.6 is 0 Å². The van der Waals surface area contributed by atoms with Crippen LogP contribution in [0, 0.1) is 5.92 Å². The molecule has 1 aromatic rings. The second-order valence-electron chi connectivity index (χ2n) is 7.33. The van der Waals surface area contributed by atoms with E-state index in [4.69, 9.17) is 5.73 Å². The van der Waals surface area contributed by atoms with Gasteiger partial charge in [-0.25, -0.2) is 0 Å². The summed E-state index contributed by atoms with van der Waals surface area (Å²) in [5.41, 5.74) is 7.26. The molecule has 0 aromatic heterocycles.